The van der Waals surface area contributed by atoms with Crippen molar-refractivity contribution in [3.63, 3.8) is 0 Å². The summed E-state index contributed by atoms with van der Waals surface area (Å²) >= 11 is 0. The molecule has 78 valence electrons. The summed E-state index contributed by atoms with van der Waals surface area (Å²) in [6, 6.07) is 0.0247. The molecular weight excluding hydrogens is 181 g/mol. The minimum absolute atomic E-state index is 0.0247. The Kier molecular flexibility index (Phi) is 3.99. The molecule has 0 aromatic heterocycles. The summed E-state index contributed by atoms with van der Waals surface area (Å²) in [7, 11) is 0. The van der Waals surface area contributed by atoms with E-state index < -0.39 is 12.7 Å². The van der Waals surface area contributed by atoms with Gasteiger partial charge in [0, 0.05) is 6.04 Å². The third-order valence-electron chi connectivity index (χ3n) is 2.17. The minimum atomic E-state index is -4.08. The van der Waals surface area contributed by atoms with Gasteiger partial charge < -0.3 is 10.6 Å². The fourth-order valence-electron chi connectivity index (χ4n) is 1.48. The molecule has 5 heteroatoms. The topological polar surface area (TPSA) is 24.1 Å². The Morgan fingerprint density at radius 2 is 2.00 bits per heavy atom. The molecule has 0 bridgehead atoms. The van der Waals surface area contributed by atoms with Crippen LogP contribution in [0.4, 0.5) is 13.2 Å². The molecule has 1 aliphatic rings. The Hall–Kier alpha value is -0.290. The molecule has 0 aliphatic carbocycles. The lowest BCUT2D eigenvalue weighted by molar-refractivity contribution is -0.126. The zero-order chi connectivity index (χ0) is 9.73. The lowest BCUT2D eigenvalue weighted by Crippen LogP contribution is -2.37. The number of rotatable bonds is 2. The molecule has 0 aromatic carbocycles. The Balaban J connectivity index is 2.19. The van der Waals surface area contributed by atoms with E-state index in [2.05, 4.69) is 10.6 Å². The van der Waals surface area contributed by atoms with Gasteiger partial charge in [-0.3, -0.25) is 0 Å². The van der Waals surface area contributed by atoms with E-state index in [4.69, 9.17) is 0 Å². The van der Waals surface area contributed by atoms with Gasteiger partial charge >= 0.3 is 6.18 Å². The van der Waals surface area contributed by atoms with Gasteiger partial charge in [-0.15, -0.1) is 0 Å². The van der Waals surface area contributed by atoms with Crippen LogP contribution in [0.5, 0.6) is 0 Å². The number of halogens is 3. The van der Waals surface area contributed by atoms with Crippen LogP contribution in [-0.4, -0.2) is 31.9 Å². The van der Waals surface area contributed by atoms with Crippen LogP contribution < -0.4 is 10.6 Å². The second-order valence-corrected chi connectivity index (χ2v) is 3.37. The Morgan fingerprint density at radius 1 is 1.23 bits per heavy atom. The SMILES string of the molecule is FC(F)(F)CNC1CCCNCC1. The van der Waals surface area contributed by atoms with E-state index in [9.17, 15) is 13.2 Å². The molecule has 2 nitrogen and oxygen atoms in total. The molecule has 1 saturated heterocycles. The van der Waals surface area contributed by atoms with Crippen molar-refractivity contribution in [3.8, 4) is 0 Å². The highest BCUT2D eigenvalue weighted by atomic mass is 19.4. The van der Waals surface area contributed by atoms with Gasteiger partial charge in [-0.1, -0.05) is 0 Å². The molecule has 0 saturated carbocycles. The molecule has 13 heavy (non-hydrogen) atoms. The molecule has 1 unspecified atom stereocenters. The van der Waals surface area contributed by atoms with Crippen molar-refractivity contribution in [2.24, 2.45) is 0 Å². The molecule has 0 amide bonds. The van der Waals surface area contributed by atoms with Crippen molar-refractivity contribution in [1.29, 1.82) is 0 Å². The van der Waals surface area contributed by atoms with Crippen molar-refractivity contribution in [2.75, 3.05) is 19.6 Å². The van der Waals surface area contributed by atoms with Crippen molar-refractivity contribution in [2.45, 2.75) is 31.5 Å². The molecule has 1 atom stereocenters. The first-order valence-electron chi connectivity index (χ1n) is 4.59. The van der Waals surface area contributed by atoms with E-state index in [1.165, 1.54) is 0 Å². The zero-order valence-electron chi connectivity index (χ0n) is 7.45. The normalized spacial score (nSPS) is 25.6. The fourth-order valence-corrected chi connectivity index (χ4v) is 1.48. The molecule has 1 rings (SSSR count). The molecule has 0 spiro atoms. The Bertz CT molecular complexity index is 139. The highest BCUT2D eigenvalue weighted by Gasteiger charge is 2.28. The van der Waals surface area contributed by atoms with Gasteiger partial charge in [-0.2, -0.15) is 13.2 Å². The Morgan fingerprint density at radius 3 is 2.69 bits per heavy atom. The fraction of sp³-hybridized carbons (Fsp3) is 1.00. The van der Waals surface area contributed by atoms with Crippen LogP contribution >= 0.6 is 0 Å². The molecular formula is C8H15F3N2. The first-order valence-corrected chi connectivity index (χ1v) is 4.59. The van der Waals surface area contributed by atoms with Crippen LogP contribution in [0, 0.1) is 0 Å². The van der Waals surface area contributed by atoms with Gasteiger partial charge in [0.2, 0.25) is 0 Å². The van der Waals surface area contributed by atoms with E-state index in [0.717, 1.165) is 32.4 Å². The van der Waals surface area contributed by atoms with E-state index in [1.54, 1.807) is 0 Å². The van der Waals surface area contributed by atoms with Crippen LogP contribution in [0.3, 0.4) is 0 Å². The first kappa shape index (κ1) is 10.8. The summed E-state index contributed by atoms with van der Waals surface area (Å²) in [5, 5.41) is 5.69. The maximum absolute atomic E-state index is 11.8. The highest BCUT2D eigenvalue weighted by molar-refractivity contribution is 4.73. The number of nitrogens with one attached hydrogen (secondary N) is 2. The smallest absolute Gasteiger partial charge is 0.317 e. The summed E-state index contributed by atoms with van der Waals surface area (Å²) in [6.45, 7) is 0.872. The predicted octanol–water partition coefficient (Wildman–Crippen LogP) is 1.28. The summed E-state index contributed by atoms with van der Waals surface area (Å²) in [5.41, 5.74) is 0. The van der Waals surface area contributed by atoms with E-state index in [0.29, 0.717) is 0 Å². The largest absolute Gasteiger partial charge is 0.401 e. The van der Waals surface area contributed by atoms with Gasteiger partial charge in [-0.25, -0.2) is 0 Å². The second-order valence-electron chi connectivity index (χ2n) is 3.37. The van der Waals surface area contributed by atoms with Crippen LogP contribution in [0.2, 0.25) is 0 Å². The van der Waals surface area contributed by atoms with Gasteiger partial charge in [0.15, 0.2) is 0 Å². The van der Waals surface area contributed by atoms with Crippen LogP contribution in [0.15, 0.2) is 0 Å². The van der Waals surface area contributed by atoms with Gasteiger partial charge in [-0.05, 0) is 32.4 Å². The predicted molar refractivity (Wildman–Crippen MR) is 44.6 cm³/mol. The van der Waals surface area contributed by atoms with E-state index in [1.807, 2.05) is 0 Å². The summed E-state index contributed by atoms with van der Waals surface area (Å²) in [6.07, 6.45) is -1.51. The van der Waals surface area contributed by atoms with Crippen LogP contribution in [0.25, 0.3) is 0 Å². The summed E-state index contributed by atoms with van der Waals surface area (Å²) in [4.78, 5) is 0. The van der Waals surface area contributed by atoms with Crippen molar-refractivity contribution in [1.82, 2.24) is 10.6 Å². The monoisotopic (exact) mass is 196 g/mol. The standard InChI is InChI=1S/C8H15F3N2/c9-8(10,11)6-13-7-2-1-4-12-5-3-7/h7,12-13H,1-6H2. The molecule has 0 aromatic rings. The van der Waals surface area contributed by atoms with E-state index >= 15 is 0 Å². The van der Waals surface area contributed by atoms with Crippen molar-refractivity contribution in [3.05, 3.63) is 0 Å². The Labute approximate surface area is 75.9 Å². The third kappa shape index (κ3) is 5.10. The van der Waals surface area contributed by atoms with Crippen LogP contribution in [0.1, 0.15) is 19.3 Å². The zero-order valence-corrected chi connectivity index (χ0v) is 7.45. The number of hydrogen-bond donors (Lipinski definition) is 2. The molecule has 2 N–H and O–H groups in total. The molecule has 1 fully saturated rings. The minimum Gasteiger partial charge on any atom is -0.317 e. The molecule has 0 radical (unpaired) electrons. The molecule has 1 aliphatic heterocycles. The third-order valence-corrected chi connectivity index (χ3v) is 2.17. The van der Waals surface area contributed by atoms with Crippen LogP contribution in [-0.2, 0) is 0 Å². The van der Waals surface area contributed by atoms with Gasteiger partial charge in [0.25, 0.3) is 0 Å². The highest BCUT2D eigenvalue weighted by Crippen LogP contribution is 2.14. The molecule has 1 heterocycles. The van der Waals surface area contributed by atoms with Gasteiger partial charge in [0.1, 0.15) is 0 Å². The average molecular weight is 196 g/mol. The number of hydrogen-bond acceptors (Lipinski definition) is 2. The van der Waals surface area contributed by atoms with Crippen molar-refractivity contribution >= 4 is 0 Å². The maximum Gasteiger partial charge on any atom is 0.401 e. The lowest BCUT2D eigenvalue weighted by Gasteiger charge is -2.16. The van der Waals surface area contributed by atoms with Crippen molar-refractivity contribution < 1.29 is 13.2 Å². The summed E-state index contributed by atoms with van der Waals surface area (Å²) in [5.74, 6) is 0. The quantitative estimate of drug-likeness (QED) is 0.695. The first-order chi connectivity index (χ1) is 6.08. The average Bonchev–Trinajstić information content (AvgIpc) is 2.26. The lowest BCUT2D eigenvalue weighted by atomic mass is 10.1. The maximum atomic E-state index is 11.8. The number of alkyl halides is 3. The second kappa shape index (κ2) is 4.81. The van der Waals surface area contributed by atoms with Gasteiger partial charge in [0.05, 0.1) is 6.54 Å². The summed E-state index contributed by atoms with van der Waals surface area (Å²) < 4.78 is 35.5. The van der Waals surface area contributed by atoms with E-state index in [-0.39, 0.29) is 6.04 Å².